The van der Waals surface area contributed by atoms with E-state index in [-0.39, 0.29) is 29.5 Å². The molecule has 3 rings (SSSR count). The molecule has 174 valence electrons. The SMILES string of the molecule is Cc1ccc(NC(=O)CSc2nnc([C@@H](NC(=O)c3ccccc3Cl)C(C)C)n2C)c(C)c1. The van der Waals surface area contributed by atoms with Crippen molar-refractivity contribution in [3.63, 3.8) is 0 Å². The van der Waals surface area contributed by atoms with Crippen molar-refractivity contribution < 1.29 is 9.59 Å². The molecular weight excluding hydrogens is 458 g/mol. The van der Waals surface area contributed by atoms with Crippen LogP contribution in [0.15, 0.2) is 47.6 Å². The number of carbonyl (C=O) groups excluding carboxylic acids is 2. The summed E-state index contributed by atoms with van der Waals surface area (Å²) >= 11 is 7.47. The summed E-state index contributed by atoms with van der Waals surface area (Å²) < 4.78 is 1.81. The lowest BCUT2D eigenvalue weighted by atomic mass is 10.0. The molecule has 0 aliphatic rings. The Balaban J connectivity index is 1.68. The summed E-state index contributed by atoms with van der Waals surface area (Å²) in [6.45, 7) is 7.97. The fourth-order valence-corrected chi connectivity index (χ4v) is 4.33. The number of aryl methyl sites for hydroxylation is 2. The van der Waals surface area contributed by atoms with E-state index >= 15 is 0 Å². The first kappa shape index (κ1) is 24.8. The van der Waals surface area contributed by atoms with Crippen LogP contribution in [0.3, 0.4) is 0 Å². The third-order valence-electron chi connectivity index (χ3n) is 5.21. The maximum absolute atomic E-state index is 12.8. The fourth-order valence-electron chi connectivity index (χ4n) is 3.39. The smallest absolute Gasteiger partial charge is 0.253 e. The highest BCUT2D eigenvalue weighted by atomic mass is 35.5. The van der Waals surface area contributed by atoms with Crippen LogP contribution in [0.25, 0.3) is 0 Å². The van der Waals surface area contributed by atoms with E-state index in [1.54, 1.807) is 24.3 Å². The van der Waals surface area contributed by atoms with Crippen LogP contribution in [0.5, 0.6) is 0 Å². The van der Waals surface area contributed by atoms with E-state index in [4.69, 9.17) is 11.6 Å². The van der Waals surface area contributed by atoms with Crippen molar-refractivity contribution in [2.45, 2.75) is 38.9 Å². The lowest BCUT2D eigenvalue weighted by Crippen LogP contribution is -2.33. The minimum absolute atomic E-state index is 0.0602. The minimum atomic E-state index is -0.371. The zero-order chi connectivity index (χ0) is 24.1. The molecule has 0 saturated heterocycles. The highest BCUT2D eigenvalue weighted by Crippen LogP contribution is 2.25. The summed E-state index contributed by atoms with van der Waals surface area (Å²) in [5.41, 5.74) is 3.37. The van der Waals surface area contributed by atoms with Crippen molar-refractivity contribution in [3.8, 4) is 0 Å². The van der Waals surface area contributed by atoms with Gasteiger partial charge < -0.3 is 15.2 Å². The van der Waals surface area contributed by atoms with Crippen LogP contribution in [-0.2, 0) is 11.8 Å². The largest absolute Gasteiger partial charge is 0.342 e. The van der Waals surface area contributed by atoms with Crippen molar-refractivity contribution in [3.05, 3.63) is 70.0 Å². The molecule has 9 heteroatoms. The molecule has 1 heterocycles. The van der Waals surface area contributed by atoms with Crippen LogP contribution in [0, 0.1) is 19.8 Å². The molecule has 0 spiro atoms. The number of benzene rings is 2. The molecule has 2 aromatic carbocycles. The van der Waals surface area contributed by atoms with Crippen LogP contribution in [-0.4, -0.2) is 32.3 Å². The zero-order valence-electron chi connectivity index (χ0n) is 19.3. The zero-order valence-corrected chi connectivity index (χ0v) is 20.9. The summed E-state index contributed by atoms with van der Waals surface area (Å²) in [5.74, 6) is 0.471. The molecule has 2 amide bonds. The summed E-state index contributed by atoms with van der Waals surface area (Å²) in [6, 6.07) is 12.4. The Morgan fingerprint density at radius 1 is 1.12 bits per heavy atom. The second-order valence-electron chi connectivity index (χ2n) is 8.23. The molecule has 33 heavy (non-hydrogen) atoms. The monoisotopic (exact) mass is 485 g/mol. The van der Waals surface area contributed by atoms with Gasteiger partial charge in [-0.3, -0.25) is 9.59 Å². The second kappa shape index (κ2) is 10.9. The number of nitrogens with one attached hydrogen (secondary N) is 2. The molecule has 0 saturated carbocycles. The minimum Gasteiger partial charge on any atom is -0.342 e. The molecule has 0 fully saturated rings. The van der Waals surface area contributed by atoms with E-state index in [1.807, 2.05) is 57.5 Å². The lowest BCUT2D eigenvalue weighted by Gasteiger charge is -2.22. The number of anilines is 1. The Labute approximate surface area is 203 Å². The van der Waals surface area contributed by atoms with Crippen LogP contribution < -0.4 is 10.6 Å². The van der Waals surface area contributed by atoms with Gasteiger partial charge in [0.2, 0.25) is 5.91 Å². The second-order valence-corrected chi connectivity index (χ2v) is 9.58. The van der Waals surface area contributed by atoms with Gasteiger partial charge in [-0.1, -0.05) is 67.0 Å². The number of thioether (sulfide) groups is 1. The van der Waals surface area contributed by atoms with E-state index in [0.717, 1.165) is 16.8 Å². The highest BCUT2D eigenvalue weighted by molar-refractivity contribution is 7.99. The standard InChI is InChI=1S/C24H28ClN5O2S/c1-14(2)21(27-23(32)17-8-6-7-9-18(17)25)22-28-29-24(30(22)5)33-13-20(31)26-19-11-10-15(3)12-16(19)4/h6-12,14,21H,13H2,1-5H3,(H,26,31)(H,27,32)/t21-/m0/s1. The van der Waals surface area contributed by atoms with Crippen LogP contribution in [0.1, 0.15) is 47.2 Å². The molecule has 0 radical (unpaired) electrons. The Bertz CT molecular complexity index is 1160. The van der Waals surface area contributed by atoms with Gasteiger partial charge in [0.05, 0.1) is 22.4 Å². The number of hydrogen-bond donors (Lipinski definition) is 2. The third kappa shape index (κ3) is 6.15. The molecule has 3 aromatic rings. The predicted molar refractivity (Wildman–Crippen MR) is 133 cm³/mol. The van der Waals surface area contributed by atoms with Crippen molar-refractivity contribution in [2.24, 2.45) is 13.0 Å². The van der Waals surface area contributed by atoms with E-state index in [0.29, 0.717) is 21.6 Å². The fraction of sp³-hybridized carbons (Fsp3) is 0.333. The van der Waals surface area contributed by atoms with E-state index in [2.05, 4.69) is 20.8 Å². The van der Waals surface area contributed by atoms with Gasteiger partial charge in [-0.2, -0.15) is 0 Å². The molecule has 0 aliphatic heterocycles. The number of rotatable bonds is 8. The number of aromatic nitrogens is 3. The third-order valence-corrected chi connectivity index (χ3v) is 6.56. The van der Waals surface area contributed by atoms with Gasteiger partial charge in [0.1, 0.15) is 0 Å². The maximum Gasteiger partial charge on any atom is 0.253 e. The highest BCUT2D eigenvalue weighted by Gasteiger charge is 2.26. The topological polar surface area (TPSA) is 88.9 Å². The number of halogens is 1. The molecular formula is C24H28ClN5O2S. The first-order valence-corrected chi connectivity index (χ1v) is 12.0. The predicted octanol–water partition coefficient (Wildman–Crippen LogP) is 4.94. The van der Waals surface area contributed by atoms with Crippen molar-refractivity contribution in [2.75, 3.05) is 11.1 Å². The number of nitrogens with zero attached hydrogens (tertiary/aromatic N) is 3. The quantitative estimate of drug-likeness (QED) is 0.441. The lowest BCUT2D eigenvalue weighted by molar-refractivity contribution is -0.113. The average Bonchev–Trinajstić information content (AvgIpc) is 3.12. The Morgan fingerprint density at radius 2 is 1.85 bits per heavy atom. The molecule has 0 bridgehead atoms. The van der Waals surface area contributed by atoms with Gasteiger partial charge in [-0.15, -0.1) is 10.2 Å². The van der Waals surface area contributed by atoms with Gasteiger partial charge >= 0.3 is 0 Å². The van der Waals surface area contributed by atoms with E-state index < -0.39 is 0 Å². The maximum atomic E-state index is 12.8. The summed E-state index contributed by atoms with van der Waals surface area (Å²) in [6.07, 6.45) is 0. The first-order chi connectivity index (χ1) is 15.7. The van der Waals surface area contributed by atoms with Crippen LogP contribution >= 0.6 is 23.4 Å². The van der Waals surface area contributed by atoms with E-state index in [9.17, 15) is 9.59 Å². The Morgan fingerprint density at radius 3 is 2.52 bits per heavy atom. The first-order valence-electron chi connectivity index (χ1n) is 10.6. The summed E-state index contributed by atoms with van der Waals surface area (Å²) in [4.78, 5) is 25.3. The van der Waals surface area contributed by atoms with Gasteiger partial charge in [0, 0.05) is 12.7 Å². The number of hydrogen-bond acceptors (Lipinski definition) is 5. The average molecular weight is 486 g/mol. The molecule has 1 atom stereocenters. The molecule has 7 nitrogen and oxygen atoms in total. The molecule has 1 aromatic heterocycles. The van der Waals surface area contributed by atoms with Gasteiger partial charge in [-0.25, -0.2) is 0 Å². The molecule has 2 N–H and O–H groups in total. The van der Waals surface area contributed by atoms with Gasteiger partial charge in [-0.05, 0) is 43.5 Å². The number of carbonyl (C=O) groups is 2. The molecule has 0 unspecified atom stereocenters. The summed E-state index contributed by atoms with van der Waals surface area (Å²) in [5, 5.41) is 15.5. The van der Waals surface area contributed by atoms with Crippen molar-refractivity contribution in [1.82, 2.24) is 20.1 Å². The van der Waals surface area contributed by atoms with Gasteiger partial charge in [0.15, 0.2) is 11.0 Å². The Hall–Kier alpha value is -2.84. The Kier molecular flexibility index (Phi) is 8.15. The summed E-state index contributed by atoms with van der Waals surface area (Å²) in [7, 11) is 1.83. The van der Waals surface area contributed by atoms with Crippen LogP contribution in [0.2, 0.25) is 5.02 Å². The van der Waals surface area contributed by atoms with Gasteiger partial charge in [0.25, 0.3) is 5.91 Å². The van der Waals surface area contributed by atoms with Crippen LogP contribution in [0.4, 0.5) is 5.69 Å². The van der Waals surface area contributed by atoms with Crippen molar-refractivity contribution >= 4 is 40.9 Å². The van der Waals surface area contributed by atoms with E-state index in [1.165, 1.54) is 11.8 Å². The van der Waals surface area contributed by atoms with Crippen molar-refractivity contribution in [1.29, 1.82) is 0 Å². The normalized spacial score (nSPS) is 12.0. The molecule has 0 aliphatic carbocycles. The number of amides is 2.